The molecule has 6 nitrogen and oxygen atoms in total. The average Bonchev–Trinajstić information content (AvgIpc) is 3.08. The van der Waals surface area contributed by atoms with Crippen molar-refractivity contribution in [1.82, 2.24) is 19.7 Å². The zero-order valence-corrected chi connectivity index (χ0v) is 14.6. The maximum absolute atomic E-state index is 13.6. The molecule has 3 aromatic rings. The SMILES string of the molecule is Cc1ccc(Oc2ccc([C@@](C)(O)Cn3cncn3)c(C(F)(F)F)n2)cc1. The minimum Gasteiger partial charge on any atom is -0.439 e. The predicted octanol–water partition coefficient (Wildman–Crippen LogP) is 3.70. The number of aryl methyl sites for hydroxylation is 1. The highest BCUT2D eigenvalue weighted by atomic mass is 19.4. The molecule has 0 radical (unpaired) electrons. The van der Waals surface area contributed by atoms with Crippen molar-refractivity contribution < 1.29 is 23.0 Å². The number of halogens is 3. The van der Waals surface area contributed by atoms with E-state index in [-0.39, 0.29) is 18.0 Å². The Bertz CT molecular complexity index is 907. The summed E-state index contributed by atoms with van der Waals surface area (Å²) in [5.41, 5.74) is -2.46. The average molecular weight is 378 g/mol. The fraction of sp³-hybridized carbons (Fsp3) is 0.278. The van der Waals surface area contributed by atoms with Gasteiger partial charge in [0.15, 0.2) is 5.69 Å². The molecule has 1 N–H and O–H groups in total. The lowest BCUT2D eigenvalue weighted by molar-refractivity contribution is -0.144. The predicted molar refractivity (Wildman–Crippen MR) is 90.1 cm³/mol. The smallest absolute Gasteiger partial charge is 0.433 e. The number of rotatable bonds is 5. The van der Waals surface area contributed by atoms with E-state index in [2.05, 4.69) is 15.1 Å². The highest BCUT2D eigenvalue weighted by Gasteiger charge is 2.41. The third-order valence-corrected chi connectivity index (χ3v) is 3.90. The van der Waals surface area contributed by atoms with Gasteiger partial charge in [0, 0.05) is 11.6 Å². The van der Waals surface area contributed by atoms with Crippen LogP contribution in [0, 0.1) is 6.92 Å². The third kappa shape index (κ3) is 4.43. The molecule has 0 aliphatic rings. The summed E-state index contributed by atoms with van der Waals surface area (Å²) >= 11 is 0. The molecule has 0 saturated carbocycles. The normalized spacial score (nSPS) is 14.0. The summed E-state index contributed by atoms with van der Waals surface area (Å²) in [6.07, 6.45) is -2.23. The van der Waals surface area contributed by atoms with Crippen molar-refractivity contribution in [3.63, 3.8) is 0 Å². The van der Waals surface area contributed by atoms with E-state index in [0.29, 0.717) is 5.75 Å². The van der Waals surface area contributed by atoms with Gasteiger partial charge >= 0.3 is 6.18 Å². The molecule has 3 rings (SSSR count). The van der Waals surface area contributed by atoms with E-state index in [1.54, 1.807) is 24.3 Å². The molecular formula is C18H17F3N4O2. The number of nitrogens with zero attached hydrogens (tertiary/aromatic N) is 4. The molecule has 0 spiro atoms. The van der Waals surface area contributed by atoms with Crippen LogP contribution in [0.5, 0.6) is 11.6 Å². The lowest BCUT2D eigenvalue weighted by atomic mass is 9.94. The maximum atomic E-state index is 13.6. The first-order valence-corrected chi connectivity index (χ1v) is 8.03. The van der Waals surface area contributed by atoms with Crippen LogP contribution in [0.1, 0.15) is 23.7 Å². The minimum absolute atomic E-state index is 0.212. The summed E-state index contributed by atoms with van der Waals surface area (Å²) in [5.74, 6) is 0.148. The summed E-state index contributed by atoms with van der Waals surface area (Å²) in [6, 6.07) is 9.28. The molecule has 2 heterocycles. The topological polar surface area (TPSA) is 73.1 Å². The second kappa shape index (κ2) is 6.99. The van der Waals surface area contributed by atoms with Crippen LogP contribution in [0.25, 0.3) is 0 Å². The van der Waals surface area contributed by atoms with Gasteiger partial charge in [-0.1, -0.05) is 17.7 Å². The molecule has 142 valence electrons. The summed E-state index contributed by atoms with van der Waals surface area (Å²) in [6.45, 7) is 2.94. The Kier molecular flexibility index (Phi) is 4.88. The molecule has 0 aliphatic heterocycles. The Balaban J connectivity index is 1.95. The molecule has 0 aliphatic carbocycles. The van der Waals surface area contributed by atoms with Crippen molar-refractivity contribution >= 4 is 0 Å². The lowest BCUT2D eigenvalue weighted by Gasteiger charge is -2.26. The van der Waals surface area contributed by atoms with Gasteiger partial charge in [0.2, 0.25) is 5.88 Å². The summed E-state index contributed by atoms with van der Waals surface area (Å²) in [4.78, 5) is 7.33. The van der Waals surface area contributed by atoms with Crippen LogP contribution < -0.4 is 4.74 Å². The van der Waals surface area contributed by atoms with Gasteiger partial charge < -0.3 is 9.84 Å². The van der Waals surface area contributed by atoms with E-state index in [9.17, 15) is 18.3 Å². The van der Waals surface area contributed by atoms with Crippen molar-refractivity contribution in [3.05, 3.63) is 65.9 Å². The van der Waals surface area contributed by atoms with Crippen molar-refractivity contribution in [3.8, 4) is 11.6 Å². The van der Waals surface area contributed by atoms with E-state index < -0.39 is 17.5 Å². The molecule has 2 aromatic heterocycles. The van der Waals surface area contributed by atoms with E-state index in [0.717, 1.165) is 11.6 Å². The van der Waals surface area contributed by atoms with Crippen LogP contribution in [0.4, 0.5) is 13.2 Å². The van der Waals surface area contributed by atoms with Gasteiger partial charge in [-0.3, -0.25) is 0 Å². The summed E-state index contributed by atoms with van der Waals surface area (Å²) in [7, 11) is 0. The van der Waals surface area contributed by atoms with Crippen molar-refractivity contribution in [2.75, 3.05) is 0 Å². The van der Waals surface area contributed by atoms with Crippen molar-refractivity contribution in [2.45, 2.75) is 32.2 Å². The molecule has 27 heavy (non-hydrogen) atoms. The lowest BCUT2D eigenvalue weighted by Crippen LogP contribution is -2.31. The fourth-order valence-corrected chi connectivity index (χ4v) is 2.59. The van der Waals surface area contributed by atoms with E-state index >= 15 is 0 Å². The molecule has 1 atom stereocenters. The number of alkyl halides is 3. The first kappa shape index (κ1) is 18.8. The zero-order chi connectivity index (χ0) is 19.7. The Labute approximate surface area is 153 Å². The monoisotopic (exact) mass is 378 g/mol. The molecule has 0 saturated heterocycles. The van der Waals surface area contributed by atoms with Crippen molar-refractivity contribution in [1.29, 1.82) is 0 Å². The molecule has 1 aromatic carbocycles. The number of hydrogen-bond acceptors (Lipinski definition) is 5. The minimum atomic E-state index is -4.77. The molecular weight excluding hydrogens is 361 g/mol. The standard InChI is InChI=1S/C18H17F3N4O2/c1-12-3-5-13(6-4-12)27-15-8-7-14(16(24-15)18(19,20)21)17(2,26)9-25-11-22-10-23-25/h3-8,10-11,26H,9H2,1-2H3/t17-/m0/s1. The van der Waals surface area contributed by atoms with Crippen LogP contribution in [0.2, 0.25) is 0 Å². The Morgan fingerprint density at radius 1 is 1.11 bits per heavy atom. The number of pyridine rings is 1. The van der Waals surface area contributed by atoms with Crippen LogP contribution in [0.15, 0.2) is 49.1 Å². The van der Waals surface area contributed by atoms with Gasteiger partial charge in [-0.15, -0.1) is 0 Å². The molecule has 0 unspecified atom stereocenters. The zero-order valence-electron chi connectivity index (χ0n) is 14.6. The number of benzene rings is 1. The van der Waals surface area contributed by atoms with Gasteiger partial charge in [-0.2, -0.15) is 18.3 Å². The molecule has 9 heteroatoms. The third-order valence-electron chi connectivity index (χ3n) is 3.90. The number of aromatic nitrogens is 4. The van der Waals surface area contributed by atoms with Crippen LogP contribution in [-0.4, -0.2) is 24.9 Å². The van der Waals surface area contributed by atoms with Crippen LogP contribution in [-0.2, 0) is 18.3 Å². The summed E-state index contributed by atoms with van der Waals surface area (Å²) in [5, 5.41) is 14.5. The van der Waals surface area contributed by atoms with Crippen molar-refractivity contribution in [2.24, 2.45) is 0 Å². The second-order valence-electron chi connectivity index (χ2n) is 6.33. The van der Waals surface area contributed by atoms with E-state index in [1.165, 1.54) is 30.3 Å². The Morgan fingerprint density at radius 3 is 2.41 bits per heavy atom. The van der Waals surface area contributed by atoms with E-state index in [4.69, 9.17) is 4.74 Å². The number of hydrogen-bond donors (Lipinski definition) is 1. The summed E-state index contributed by atoms with van der Waals surface area (Å²) < 4.78 is 47.4. The largest absolute Gasteiger partial charge is 0.439 e. The van der Waals surface area contributed by atoms with Crippen LogP contribution in [0.3, 0.4) is 0 Å². The molecule has 0 fully saturated rings. The maximum Gasteiger partial charge on any atom is 0.433 e. The van der Waals surface area contributed by atoms with Gasteiger partial charge in [0.05, 0.1) is 6.54 Å². The number of ether oxygens (including phenoxy) is 1. The van der Waals surface area contributed by atoms with Gasteiger partial charge in [0.25, 0.3) is 0 Å². The Morgan fingerprint density at radius 2 is 1.81 bits per heavy atom. The Hall–Kier alpha value is -2.94. The molecule has 0 bridgehead atoms. The first-order chi connectivity index (χ1) is 12.6. The highest BCUT2D eigenvalue weighted by molar-refractivity contribution is 5.35. The highest BCUT2D eigenvalue weighted by Crippen LogP contribution is 2.37. The van der Waals surface area contributed by atoms with Gasteiger partial charge in [-0.25, -0.2) is 14.6 Å². The quantitative estimate of drug-likeness (QED) is 0.733. The number of aliphatic hydroxyl groups is 1. The van der Waals surface area contributed by atoms with Crippen LogP contribution >= 0.6 is 0 Å². The van der Waals surface area contributed by atoms with Gasteiger partial charge in [0.1, 0.15) is 24.0 Å². The first-order valence-electron chi connectivity index (χ1n) is 8.03. The van der Waals surface area contributed by atoms with E-state index in [1.807, 2.05) is 6.92 Å². The fourth-order valence-electron chi connectivity index (χ4n) is 2.59. The van der Waals surface area contributed by atoms with Gasteiger partial charge in [-0.05, 0) is 32.0 Å². The second-order valence-corrected chi connectivity index (χ2v) is 6.33. The molecule has 0 amide bonds.